The van der Waals surface area contributed by atoms with E-state index in [9.17, 15) is 0 Å². The Bertz CT molecular complexity index is 790. The van der Waals surface area contributed by atoms with Gasteiger partial charge in [0.1, 0.15) is 6.04 Å². The van der Waals surface area contributed by atoms with E-state index in [1.165, 1.54) is 0 Å². The van der Waals surface area contributed by atoms with E-state index >= 15 is 0 Å². The average Bonchev–Trinajstić information content (AvgIpc) is 3.10. The maximum absolute atomic E-state index is 5.44. The molecule has 124 valence electrons. The molecule has 3 aromatic heterocycles. The molecule has 3 aromatic rings. The molecular formula is C16H18N6O2. The summed E-state index contributed by atoms with van der Waals surface area (Å²) in [6.45, 7) is 4.10. The number of nitrogens with zero attached hydrogens (tertiary/aromatic N) is 5. The number of rotatable bonds is 6. The summed E-state index contributed by atoms with van der Waals surface area (Å²) in [6, 6.07) is 5.12. The van der Waals surface area contributed by atoms with Gasteiger partial charge in [0, 0.05) is 30.2 Å². The van der Waals surface area contributed by atoms with Crippen molar-refractivity contribution in [3.8, 4) is 17.3 Å². The van der Waals surface area contributed by atoms with Crippen molar-refractivity contribution in [2.24, 2.45) is 5.92 Å². The molecule has 1 atom stereocenters. The third-order valence-corrected chi connectivity index (χ3v) is 3.44. The van der Waals surface area contributed by atoms with Crippen LogP contribution in [0.3, 0.4) is 0 Å². The molecule has 1 N–H and O–H groups in total. The molecule has 0 amide bonds. The Balaban J connectivity index is 1.85. The van der Waals surface area contributed by atoms with Gasteiger partial charge in [-0.15, -0.1) is 0 Å². The molecule has 24 heavy (non-hydrogen) atoms. The van der Waals surface area contributed by atoms with E-state index < -0.39 is 0 Å². The van der Waals surface area contributed by atoms with Crippen molar-refractivity contribution < 1.29 is 9.26 Å². The number of aromatic nitrogens is 5. The molecule has 8 heteroatoms. The van der Waals surface area contributed by atoms with Gasteiger partial charge >= 0.3 is 0 Å². The van der Waals surface area contributed by atoms with E-state index in [0.29, 0.717) is 23.5 Å². The summed E-state index contributed by atoms with van der Waals surface area (Å²) in [5.74, 6) is 2.11. The Morgan fingerprint density at radius 3 is 2.58 bits per heavy atom. The summed E-state index contributed by atoms with van der Waals surface area (Å²) in [6.07, 6.45) is 5.00. The summed E-state index contributed by atoms with van der Waals surface area (Å²) in [4.78, 5) is 16.9. The van der Waals surface area contributed by atoms with Gasteiger partial charge in [-0.25, -0.2) is 4.98 Å². The van der Waals surface area contributed by atoms with Gasteiger partial charge in [-0.1, -0.05) is 19.0 Å². The van der Waals surface area contributed by atoms with E-state index in [-0.39, 0.29) is 12.0 Å². The van der Waals surface area contributed by atoms with Crippen LogP contribution in [0, 0.1) is 5.92 Å². The highest BCUT2D eigenvalue weighted by atomic mass is 16.5. The van der Waals surface area contributed by atoms with Crippen LogP contribution in [0.5, 0.6) is 5.88 Å². The molecule has 0 fully saturated rings. The fourth-order valence-corrected chi connectivity index (χ4v) is 2.16. The number of hydrogen-bond donors (Lipinski definition) is 1. The number of hydrogen-bond acceptors (Lipinski definition) is 8. The number of methoxy groups -OCH3 is 1. The third-order valence-electron chi connectivity index (χ3n) is 3.44. The Morgan fingerprint density at radius 1 is 1.08 bits per heavy atom. The predicted octanol–water partition coefficient (Wildman–Crippen LogP) is 2.74. The first-order chi connectivity index (χ1) is 11.7. The first-order valence-corrected chi connectivity index (χ1v) is 7.55. The second-order valence-electron chi connectivity index (χ2n) is 5.48. The van der Waals surface area contributed by atoms with Crippen LogP contribution < -0.4 is 10.1 Å². The van der Waals surface area contributed by atoms with E-state index in [1.54, 1.807) is 31.8 Å². The second kappa shape index (κ2) is 7.03. The lowest BCUT2D eigenvalue weighted by Gasteiger charge is -2.18. The van der Waals surface area contributed by atoms with Crippen LogP contribution in [0.15, 0.2) is 41.3 Å². The highest BCUT2D eigenvalue weighted by molar-refractivity contribution is 5.52. The average molecular weight is 326 g/mol. The monoisotopic (exact) mass is 326 g/mol. The molecule has 0 aliphatic heterocycles. The van der Waals surface area contributed by atoms with E-state index in [1.807, 2.05) is 26.0 Å². The molecule has 0 bridgehead atoms. The summed E-state index contributed by atoms with van der Waals surface area (Å²) >= 11 is 0. The maximum atomic E-state index is 5.44. The highest BCUT2D eigenvalue weighted by Gasteiger charge is 2.24. The van der Waals surface area contributed by atoms with Gasteiger partial charge in [0.25, 0.3) is 0 Å². The lowest BCUT2D eigenvalue weighted by atomic mass is 10.0. The first kappa shape index (κ1) is 15.9. The SMILES string of the molecule is COc1ccnc(NC(c2nc(-c3ccncc3)no2)C(C)C)n1. The molecule has 3 heterocycles. The third kappa shape index (κ3) is 3.48. The molecule has 0 aliphatic carbocycles. The molecule has 0 aromatic carbocycles. The molecular weight excluding hydrogens is 308 g/mol. The van der Waals surface area contributed by atoms with Gasteiger partial charge in [0.15, 0.2) is 0 Å². The van der Waals surface area contributed by atoms with Gasteiger partial charge < -0.3 is 14.6 Å². The quantitative estimate of drug-likeness (QED) is 0.738. The Labute approximate surface area is 139 Å². The molecule has 0 radical (unpaired) electrons. The van der Waals surface area contributed by atoms with Crippen molar-refractivity contribution in [2.75, 3.05) is 12.4 Å². The van der Waals surface area contributed by atoms with Crippen LogP contribution in [0.25, 0.3) is 11.4 Å². The van der Waals surface area contributed by atoms with Crippen LogP contribution in [0.2, 0.25) is 0 Å². The van der Waals surface area contributed by atoms with Crippen molar-refractivity contribution in [3.63, 3.8) is 0 Å². The highest BCUT2D eigenvalue weighted by Crippen LogP contribution is 2.26. The zero-order valence-electron chi connectivity index (χ0n) is 13.7. The normalized spacial score (nSPS) is 12.2. The summed E-state index contributed by atoms with van der Waals surface area (Å²) in [7, 11) is 1.56. The number of pyridine rings is 1. The molecule has 0 spiro atoms. The van der Waals surface area contributed by atoms with Crippen LogP contribution in [0.1, 0.15) is 25.8 Å². The molecule has 1 unspecified atom stereocenters. The Morgan fingerprint density at radius 2 is 1.88 bits per heavy atom. The fourth-order valence-electron chi connectivity index (χ4n) is 2.16. The van der Waals surface area contributed by atoms with Crippen molar-refractivity contribution in [1.29, 1.82) is 0 Å². The van der Waals surface area contributed by atoms with Crippen LogP contribution in [-0.4, -0.2) is 32.2 Å². The second-order valence-corrected chi connectivity index (χ2v) is 5.48. The summed E-state index contributed by atoms with van der Waals surface area (Å²) < 4.78 is 10.6. The van der Waals surface area contributed by atoms with E-state index in [4.69, 9.17) is 9.26 Å². The zero-order valence-corrected chi connectivity index (χ0v) is 13.7. The number of ether oxygens (including phenoxy) is 1. The lowest BCUT2D eigenvalue weighted by molar-refractivity contribution is 0.335. The number of nitrogens with one attached hydrogen (secondary N) is 1. The van der Waals surface area contributed by atoms with Crippen molar-refractivity contribution in [1.82, 2.24) is 25.1 Å². The maximum Gasteiger partial charge on any atom is 0.249 e. The molecule has 8 nitrogen and oxygen atoms in total. The predicted molar refractivity (Wildman–Crippen MR) is 87.3 cm³/mol. The standard InChI is InChI=1S/C16H18N6O2/c1-10(2)13(20-16-18-9-6-12(19-16)23-3)15-21-14(22-24-15)11-4-7-17-8-5-11/h4-10,13H,1-3H3,(H,18,19,20). The summed E-state index contributed by atoms with van der Waals surface area (Å²) in [5, 5.41) is 7.27. The van der Waals surface area contributed by atoms with Gasteiger partial charge in [-0.3, -0.25) is 4.98 Å². The molecule has 0 aliphatic rings. The Hall–Kier alpha value is -3.03. The minimum Gasteiger partial charge on any atom is -0.481 e. The minimum atomic E-state index is -0.222. The number of anilines is 1. The van der Waals surface area contributed by atoms with Gasteiger partial charge in [0.2, 0.25) is 23.5 Å². The van der Waals surface area contributed by atoms with Gasteiger partial charge in [0.05, 0.1) is 7.11 Å². The van der Waals surface area contributed by atoms with Crippen molar-refractivity contribution in [3.05, 3.63) is 42.7 Å². The minimum absolute atomic E-state index is 0.186. The van der Waals surface area contributed by atoms with Crippen molar-refractivity contribution >= 4 is 5.95 Å². The lowest BCUT2D eigenvalue weighted by Crippen LogP contribution is -2.18. The van der Waals surface area contributed by atoms with Gasteiger partial charge in [-0.2, -0.15) is 9.97 Å². The smallest absolute Gasteiger partial charge is 0.249 e. The fraction of sp³-hybridized carbons (Fsp3) is 0.312. The van der Waals surface area contributed by atoms with E-state index in [2.05, 4.69) is 30.4 Å². The summed E-state index contributed by atoms with van der Waals surface area (Å²) in [5.41, 5.74) is 0.847. The largest absolute Gasteiger partial charge is 0.481 e. The first-order valence-electron chi connectivity index (χ1n) is 7.55. The van der Waals surface area contributed by atoms with Crippen molar-refractivity contribution in [2.45, 2.75) is 19.9 Å². The van der Waals surface area contributed by atoms with E-state index in [0.717, 1.165) is 5.56 Å². The Kier molecular flexibility index (Phi) is 4.64. The molecule has 3 rings (SSSR count). The zero-order chi connectivity index (χ0) is 16.9. The van der Waals surface area contributed by atoms with Crippen LogP contribution >= 0.6 is 0 Å². The van der Waals surface area contributed by atoms with Crippen LogP contribution in [0.4, 0.5) is 5.95 Å². The molecule has 0 saturated carbocycles. The topological polar surface area (TPSA) is 98.8 Å². The van der Waals surface area contributed by atoms with Crippen LogP contribution in [-0.2, 0) is 0 Å². The molecule has 0 saturated heterocycles. The van der Waals surface area contributed by atoms with Gasteiger partial charge in [-0.05, 0) is 18.1 Å².